The molecular formula is C41H76NO9P. The molecule has 3 atom stereocenters. The summed E-state index contributed by atoms with van der Waals surface area (Å²) in [7, 11) is -4.40. The lowest BCUT2D eigenvalue weighted by molar-refractivity contribution is -0.161. The van der Waals surface area contributed by atoms with Gasteiger partial charge in [-0.15, -0.1) is 0 Å². The van der Waals surface area contributed by atoms with Crippen LogP contribution < -0.4 is 5.73 Å². The average molecular weight is 758 g/mol. The number of aliphatic hydroxyl groups excluding tert-OH is 1. The second kappa shape index (κ2) is 37.5. The van der Waals surface area contributed by atoms with E-state index in [0.29, 0.717) is 19.3 Å². The Bertz CT molecular complexity index is 972. The number of ether oxygens (including phenoxy) is 2. The van der Waals surface area contributed by atoms with Crippen molar-refractivity contribution >= 4 is 19.8 Å². The molecule has 3 unspecified atom stereocenters. The molecule has 0 aliphatic rings. The molecule has 0 saturated carbocycles. The molecule has 0 saturated heterocycles. The number of rotatable bonds is 38. The van der Waals surface area contributed by atoms with Crippen molar-refractivity contribution in [3.05, 3.63) is 36.5 Å². The quantitative estimate of drug-likeness (QED) is 0.0182. The van der Waals surface area contributed by atoms with Gasteiger partial charge < -0.3 is 25.2 Å². The van der Waals surface area contributed by atoms with Crippen molar-refractivity contribution in [1.29, 1.82) is 0 Å². The number of hydrogen-bond acceptors (Lipinski definition) is 9. The maximum atomic E-state index is 12.6. The zero-order chi connectivity index (χ0) is 38.4. The highest BCUT2D eigenvalue weighted by Gasteiger charge is 2.26. The first-order valence-electron chi connectivity index (χ1n) is 20.6. The molecule has 0 aliphatic carbocycles. The minimum Gasteiger partial charge on any atom is -0.462 e. The maximum absolute atomic E-state index is 12.6. The second-order valence-electron chi connectivity index (χ2n) is 13.7. The molecule has 0 rings (SSSR count). The number of esters is 2. The molecule has 4 N–H and O–H groups in total. The first-order valence-corrected chi connectivity index (χ1v) is 22.1. The van der Waals surface area contributed by atoms with E-state index < -0.39 is 38.6 Å². The molecule has 0 aromatic heterocycles. The van der Waals surface area contributed by atoms with Crippen molar-refractivity contribution in [2.75, 3.05) is 26.4 Å². The van der Waals surface area contributed by atoms with Crippen molar-refractivity contribution < 1.29 is 42.7 Å². The SMILES string of the molecule is CCCCC/C=C\C=C\C(O)CCCCCCCC(=O)OC(COC(=O)CCCCCCC/C=C\CCCCCCCC)COP(=O)(O)OCCN. The molecule has 304 valence electrons. The topological polar surface area (TPSA) is 155 Å². The van der Waals surface area contributed by atoms with Crippen molar-refractivity contribution in [3.63, 3.8) is 0 Å². The van der Waals surface area contributed by atoms with Crippen LogP contribution in [0.25, 0.3) is 0 Å². The lowest BCUT2D eigenvalue weighted by Crippen LogP contribution is -2.29. The van der Waals surface area contributed by atoms with Crippen molar-refractivity contribution in [2.45, 2.75) is 187 Å². The lowest BCUT2D eigenvalue weighted by Gasteiger charge is -2.19. The fourth-order valence-electron chi connectivity index (χ4n) is 5.47. The molecule has 0 aromatic carbocycles. The molecule has 0 heterocycles. The molecule has 11 heteroatoms. The van der Waals surface area contributed by atoms with Gasteiger partial charge in [0.25, 0.3) is 0 Å². The van der Waals surface area contributed by atoms with Crippen LogP contribution in [0.4, 0.5) is 0 Å². The molecule has 0 spiro atoms. The summed E-state index contributed by atoms with van der Waals surface area (Å²) in [6.45, 7) is 3.55. The number of unbranched alkanes of at least 4 members (excludes halogenated alkanes) is 18. The predicted molar refractivity (Wildman–Crippen MR) is 212 cm³/mol. The van der Waals surface area contributed by atoms with E-state index >= 15 is 0 Å². The van der Waals surface area contributed by atoms with Gasteiger partial charge in [0.1, 0.15) is 6.61 Å². The average Bonchev–Trinajstić information content (AvgIpc) is 3.12. The van der Waals surface area contributed by atoms with Gasteiger partial charge in [0.2, 0.25) is 0 Å². The number of phosphoric acid groups is 1. The summed E-state index contributed by atoms with van der Waals surface area (Å²) in [6.07, 6.45) is 36.2. The van der Waals surface area contributed by atoms with Crippen LogP contribution in [-0.4, -0.2) is 60.5 Å². The van der Waals surface area contributed by atoms with Crippen molar-refractivity contribution in [3.8, 4) is 0 Å². The Morgan fingerprint density at radius 3 is 1.81 bits per heavy atom. The number of carbonyl (C=O) groups excluding carboxylic acids is 2. The number of phosphoric ester groups is 1. The Hall–Kier alpha value is -1.81. The van der Waals surface area contributed by atoms with E-state index in [2.05, 4.69) is 32.1 Å². The fraction of sp³-hybridized carbons (Fsp3) is 0.805. The van der Waals surface area contributed by atoms with Gasteiger partial charge >= 0.3 is 19.8 Å². The molecular weight excluding hydrogens is 681 g/mol. The molecule has 0 radical (unpaired) electrons. The number of nitrogens with two attached hydrogens (primary N) is 1. The highest BCUT2D eigenvalue weighted by molar-refractivity contribution is 7.47. The largest absolute Gasteiger partial charge is 0.472 e. The third-order valence-corrected chi connectivity index (χ3v) is 9.59. The summed E-state index contributed by atoms with van der Waals surface area (Å²) >= 11 is 0. The van der Waals surface area contributed by atoms with Gasteiger partial charge in [-0.3, -0.25) is 18.6 Å². The Morgan fingerprint density at radius 1 is 0.654 bits per heavy atom. The third-order valence-electron chi connectivity index (χ3n) is 8.60. The molecule has 10 nitrogen and oxygen atoms in total. The molecule has 0 fully saturated rings. The predicted octanol–water partition coefficient (Wildman–Crippen LogP) is 10.4. The van der Waals surface area contributed by atoms with Gasteiger partial charge in [-0.2, -0.15) is 0 Å². The van der Waals surface area contributed by atoms with Crippen LogP contribution >= 0.6 is 7.82 Å². The summed E-state index contributed by atoms with van der Waals surface area (Å²) in [6, 6.07) is 0. The van der Waals surface area contributed by atoms with E-state index in [1.54, 1.807) is 0 Å². The second-order valence-corrected chi connectivity index (χ2v) is 15.2. The number of allylic oxidation sites excluding steroid dienone is 5. The van der Waals surface area contributed by atoms with E-state index in [9.17, 15) is 24.2 Å². The van der Waals surface area contributed by atoms with E-state index in [1.165, 1.54) is 64.2 Å². The van der Waals surface area contributed by atoms with Crippen molar-refractivity contribution in [2.24, 2.45) is 5.73 Å². The Morgan fingerprint density at radius 2 is 1.17 bits per heavy atom. The minimum atomic E-state index is -4.40. The first kappa shape index (κ1) is 50.2. The number of aliphatic hydroxyl groups is 1. The summed E-state index contributed by atoms with van der Waals surface area (Å²) in [5.41, 5.74) is 5.33. The van der Waals surface area contributed by atoms with Gasteiger partial charge in [0, 0.05) is 19.4 Å². The molecule has 52 heavy (non-hydrogen) atoms. The Balaban J connectivity index is 4.29. The highest BCUT2D eigenvalue weighted by Crippen LogP contribution is 2.43. The van der Waals surface area contributed by atoms with E-state index in [1.807, 2.05) is 18.2 Å². The zero-order valence-electron chi connectivity index (χ0n) is 32.9. The molecule has 0 aromatic rings. The van der Waals surface area contributed by atoms with Crippen LogP contribution in [0.2, 0.25) is 0 Å². The van der Waals surface area contributed by atoms with Crippen LogP contribution in [0.15, 0.2) is 36.5 Å². The van der Waals surface area contributed by atoms with E-state index in [4.69, 9.17) is 24.3 Å². The summed E-state index contributed by atoms with van der Waals surface area (Å²) in [5.74, 6) is -0.911. The van der Waals surface area contributed by atoms with Gasteiger partial charge in [-0.1, -0.05) is 140 Å². The summed E-state index contributed by atoms with van der Waals surface area (Å²) in [5, 5.41) is 10.1. The zero-order valence-corrected chi connectivity index (χ0v) is 33.8. The van der Waals surface area contributed by atoms with Gasteiger partial charge in [0.05, 0.1) is 19.3 Å². The Labute approximate surface area is 317 Å². The van der Waals surface area contributed by atoms with Gasteiger partial charge in [-0.05, 0) is 57.8 Å². The van der Waals surface area contributed by atoms with E-state index in [0.717, 1.165) is 64.2 Å². The van der Waals surface area contributed by atoms with Crippen LogP contribution in [-0.2, 0) is 32.7 Å². The minimum absolute atomic E-state index is 0.0365. The van der Waals surface area contributed by atoms with Crippen LogP contribution in [0, 0.1) is 0 Å². The summed E-state index contributed by atoms with van der Waals surface area (Å²) < 4.78 is 32.6. The smallest absolute Gasteiger partial charge is 0.462 e. The van der Waals surface area contributed by atoms with Crippen LogP contribution in [0.1, 0.15) is 174 Å². The highest BCUT2D eigenvalue weighted by atomic mass is 31.2. The number of carbonyl (C=O) groups is 2. The fourth-order valence-corrected chi connectivity index (χ4v) is 6.24. The third kappa shape index (κ3) is 36.5. The van der Waals surface area contributed by atoms with Gasteiger partial charge in [0.15, 0.2) is 6.10 Å². The molecule has 0 bridgehead atoms. The van der Waals surface area contributed by atoms with Gasteiger partial charge in [-0.25, -0.2) is 4.57 Å². The van der Waals surface area contributed by atoms with Crippen molar-refractivity contribution in [1.82, 2.24) is 0 Å². The summed E-state index contributed by atoms with van der Waals surface area (Å²) in [4.78, 5) is 34.8. The lowest BCUT2D eigenvalue weighted by atomic mass is 10.1. The maximum Gasteiger partial charge on any atom is 0.472 e. The molecule has 0 amide bonds. The molecule has 0 aliphatic heterocycles. The standard InChI is InChI=1S/C41H76NO9P/c1-3-5-7-9-11-12-13-14-15-16-17-18-20-24-28-32-40(44)48-36-39(37-50-52(46,47)49-35-34-42)51-41(45)33-29-25-21-23-27-31-38(43)30-26-22-19-10-8-6-4-2/h14-15,19,22,26,30,38-39,43H,3-13,16-18,20-21,23-25,27-29,31-37,42H2,1-2H3,(H,46,47)/b15-14-,22-19-,30-26+. The number of hydrogen-bond donors (Lipinski definition) is 3. The normalized spacial score (nSPS) is 14.3. The van der Waals surface area contributed by atoms with E-state index in [-0.39, 0.29) is 32.6 Å². The first-order chi connectivity index (χ1) is 25.2. The van der Waals surface area contributed by atoms with Crippen LogP contribution in [0.3, 0.4) is 0 Å². The Kier molecular flexibility index (Phi) is 36.2. The van der Waals surface area contributed by atoms with Crippen LogP contribution in [0.5, 0.6) is 0 Å². The monoisotopic (exact) mass is 758 g/mol.